The second kappa shape index (κ2) is 10.2. The van der Waals surface area contributed by atoms with Gasteiger partial charge >= 0.3 is 11.9 Å². The van der Waals surface area contributed by atoms with Crippen LogP contribution in [0, 0.1) is 0 Å². The van der Waals surface area contributed by atoms with Gasteiger partial charge in [0.1, 0.15) is 12.2 Å². The van der Waals surface area contributed by atoms with Crippen molar-refractivity contribution in [3.63, 3.8) is 0 Å². The average Bonchev–Trinajstić information content (AvgIpc) is 1.88. The summed E-state index contributed by atoms with van der Waals surface area (Å²) in [6.45, 7) is 2.39. The van der Waals surface area contributed by atoms with E-state index in [1.165, 1.54) is 13.8 Å². The van der Waals surface area contributed by atoms with Gasteiger partial charge in [-0.25, -0.2) is 9.59 Å². The summed E-state index contributed by atoms with van der Waals surface area (Å²) < 4.78 is 0. The first-order valence-corrected chi connectivity index (χ1v) is 3.10. The molecule has 0 aliphatic carbocycles. The molecule has 0 saturated carbocycles. The predicted molar refractivity (Wildman–Crippen MR) is 44.4 cm³/mol. The summed E-state index contributed by atoms with van der Waals surface area (Å²) in [5, 5.41) is 31.5. The monoisotopic (exact) mass is 220 g/mol. The molecular weight excluding hydrogens is 208 g/mol. The van der Waals surface area contributed by atoms with Gasteiger partial charge in [-0.2, -0.15) is 0 Å². The van der Waals surface area contributed by atoms with Crippen LogP contribution in [0.2, 0.25) is 0 Å². The van der Waals surface area contributed by atoms with Gasteiger partial charge in [0, 0.05) is 37.7 Å². The van der Waals surface area contributed by atoms with Crippen molar-refractivity contribution >= 4 is 49.7 Å². The van der Waals surface area contributed by atoms with E-state index in [2.05, 4.69) is 0 Å². The molecule has 0 saturated heterocycles. The Morgan fingerprint density at radius 3 is 1.00 bits per heavy atom. The summed E-state index contributed by atoms with van der Waals surface area (Å²) in [7, 11) is 0. The minimum Gasteiger partial charge on any atom is -0.479 e. The molecule has 13 heavy (non-hydrogen) atoms. The molecule has 0 spiro atoms. The van der Waals surface area contributed by atoms with Crippen LogP contribution in [0.1, 0.15) is 13.8 Å². The van der Waals surface area contributed by atoms with Crippen molar-refractivity contribution in [1.29, 1.82) is 0 Å². The third-order valence-electron chi connectivity index (χ3n) is 0.715. The van der Waals surface area contributed by atoms with Crippen LogP contribution in [0.25, 0.3) is 0 Å². The Morgan fingerprint density at radius 1 is 0.923 bits per heavy atom. The van der Waals surface area contributed by atoms with Crippen LogP contribution in [0.5, 0.6) is 0 Å². The number of carbonyl (C=O) groups is 2. The predicted octanol–water partition coefficient (Wildman–Crippen LogP) is -1.48. The topological polar surface area (TPSA) is 115 Å². The van der Waals surface area contributed by atoms with E-state index in [4.69, 9.17) is 20.4 Å². The normalized spacial score (nSPS) is 12.6. The fraction of sp³-hybridized carbons (Fsp3) is 0.667. The largest absolute Gasteiger partial charge is 0.479 e. The average molecular weight is 220 g/mol. The Kier molecular flexibility index (Phi) is 14.8. The van der Waals surface area contributed by atoms with E-state index in [9.17, 15) is 9.59 Å². The molecule has 0 rings (SSSR count). The van der Waals surface area contributed by atoms with Crippen molar-refractivity contribution in [2.45, 2.75) is 26.1 Å². The van der Waals surface area contributed by atoms with E-state index >= 15 is 0 Å². The van der Waals surface area contributed by atoms with Gasteiger partial charge in [0.2, 0.25) is 0 Å². The molecule has 6 nitrogen and oxygen atoms in total. The third-order valence-corrected chi connectivity index (χ3v) is 0.715. The number of aliphatic hydroxyl groups is 2. The van der Waals surface area contributed by atoms with E-state index in [0.29, 0.717) is 0 Å². The SMILES string of the molecule is CC(O)C(=O)O.CC(O)C(=O)O.[Ca]. The smallest absolute Gasteiger partial charge is 0.332 e. The van der Waals surface area contributed by atoms with Gasteiger partial charge in [0.25, 0.3) is 0 Å². The minimum atomic E-state index is -1.23. The Balaban J connectivity index is -0.000000143. The van der Waals surface area contributed by atoms with Crippen LogP contribution in [-0.4, -0.2) is 82.3 Å². The van der Waals surface area contributed by atoms with Crippen LogP contribution in [-0.2, 0) is 9.59 Å². The molecular formula is C6H12CaO6. The number of hydrogen-bond acceptors (Lipinski definition) is 4. The van der Waals surface area contributed by atoms with Gasteiger partial charge in [-0.1, -0.05) is 0 Å². The Morgan fingerprint density at radius 2 is 1.00 bits per heavy atom. The molecule has 0 aromatic carbocycles. The number of aliphatic hydroxyl groups excluding tert-OH is 2. The zero-order valence-electron chi connectivity index (χ0n) is 7.47. The maximum atomic E-state index is 9.45. The molecule has 2 unspecified atom stereocenters. The fourth-order valence-corrected chi connectivity index (χ4v) is 0. The molecule has 0 amide bonds. The van der Waals surface area contributed by atoms with Gasteiger partial charge in [-0.05, 0) is 13.8 Å². The van der Waals surface area contributed by atoms with Crippen molar-refractivity contribution in [3.05, 3.63) is 0 Å². The molecule has 4 N–H and O–H groups in total. The molecule has 0 aromatic rings. The Bertz CT molecular complexity index is 137. The van der Waals surface area contributed by atoms with Crippen LogP contribution in [0.15, 0.2) is 0 Å². The molecule has 7 heteroatoms. The van der Waals surface area contributed by atoms with Gasteiger partial charge < -0.3 is 20.4 Å². The number of aliphatic carboxylic acids is 2. The molecule has 0 fully saturated rings. The third kappa shape index (κ3) is 18.8. The molecule has 2 atom stereocenters. The first kappa shape index (κ1) is 18.8. The number of carboxylic acid groups (broad SMARTS) is 2. The molecule has 0 heterocycles. The Hall–Kier alpha value is 0.120. The molecule has 0 bridgehead atoms. The van der Waals surface area contributed by atoms with E-state index in [0.717, 1.165) is 0 Å². The van der Waals surface area contributed by atoms with E-state index in [-0.39, 0.29) is 37.7 Å². The van der Waals surface area contributed by atoms with Crippen LogP contribution >= 0.6 is 0 Å². The van der Waals surface area contributed by atoms with E-state index < -0.39 is 24.1 Å². The first-order chi connectivity index (χ1) is 5.29. The molecule has 0 aliphatic rings. The summed E-state index contributed by atoms with van der Waals surface area (Å²) in [5.74, 6) is -2.37. The van der Waals surface area contributed by atoms with Crippen LogP contribution in [0.3, 0.4) is 0 Å². The van der Waals surface area contributed by atoms with Gasteiger partial charge in [0.05, 0.1) is 0 Å². The molecule has 74 valence electrons. The summed E-state index contributed by atoms with van der Waals surface area (Å²) in [5.41, 5.74) is 0. The van der Waals surface area contributed by atoms with Gasteiger partial charge in [-0.15, -0.1) is 0 Å². The minimum absolute atomic E-state index is 0. The standard InChI is InChI=1S/2C3H6O3.Ca/c2*1-2(4)3(5)6;/h2*2,4H,1H3,(H,5,6);. The molecule has 0 aliphatic heterocycles. The van der Waals surface area contributed by atoms with Crippen LogP contribution < -0.4 is 0 Å². The van der Waals surface area contributed by atoms with E-state index in [1.807, 2.05) is 0 Å². The van der Waals surface area contributed by atoms with Crippen molar-refractivity contribution in [1.82, 2.24) is 0 Å². The number of carboxylic acids is 2. The van der Waals surface area contributed by atoms with E-state index in [1.54, 1.807) is 0 Å². The van der Waals surface area contributed by atoms with Gasteiger partial charge in [0.15, 0.2) is 0 Å². The zero-order chi connectivity index (χ0) is 10.3. The maximum absolute atomic E-state index is 9.45. The summed E-state index contributed by atoms with van der Waals surface area (Å²) in [6, 6.07) is 0. The molecule has 0 aromatic heterocycles. The molecule has 2 radical (unpaired) electrons. The van der Waals surface area contributed by atoms with Crippen molar-refractivity contribution in [3.8, 4) is 0 Å². The summed E-state index contributed by atoms with van der Waals surface area (Å²) in [6.07, 6.45) is -2.46. The van der Waals surface area contributed by atoms with Crippen LogP contribution in [0.4, 0.5) is 0 Å². The van der Waals surface area contributed by atoms with Gasteiger partial charge in [-0.3, -0.25) is 0 Å². The number of hydrogen-bond donors (Lipinski definition) is 4. The summed E-state index contributed by atoms with van der Waals surface area (Å²) in [4.78, 5) is 18.9. The zero-order valence-corrected chi connectivity index (χ0v) is 9.68. The Labute approximate surface area is 105 Å². The van der Waals surface area contributed by atoms with Crippen molar-refractivity contribution in [2.75, 3.05) is 0 Å². The first-order valence-electron chi connectivity index (χ1n) is 3.10. The second-order valence-electron chi connectivity index (χ2n) is 2.03. The summed E-state index contributed by atoms with van der Waals surface area (Å²) >= 11 is 0. The fourth-order valence-electron chi connectivity index (χ4n) is 0. The number of rotatable bonds is 2. The quantitative estimate of drug-likeness (QED) is 0.422. The second-order valence-corrected chi connectivity index (χ2v) is 2.03. The van der Waals surface area contributed by atoms with Crippen molar-refractivity contribution < 1.29 is 30.0 Å². The maximum Gasteiger partial charge on any atom is 0.332 e. The van der Waals surface area contributed by atoms with Crippen molar-refractivity contribution in [2.24, 2.45) is 0 Å².